The van der Waals surface area contributed by atoms with Crippen molar-refractivity contribution in [1.29, 1.82) is 0 Å². The van der Waals surface area contributed by atoms with E-state index in [0.29, 0.717) is 0 Å². The number of hydrogen-bond acceptors (Lipinski definition) is 3. The maximum Gasteiger partial charge on any atom is 0.311 e. The fourth-order valence-corrected chi connectivity index (χ4v) is 1.00. The molecule has 0 saturated carbocycles. The fourth-order valence-electron chi connectivity index (χ4n) is 1.00. The summed E-state index contributed by atoms with van der Waals surface area (Å²) < 4.78 is 5.05. The number of carbonyl (C=O) groups is 1. The minimum atomic E-state index is -0.257. The number of ether oxygens (including phenoxy) is 1. The lowest BCUT2D eigenvalue weighted by molar-refractivity contribution is -0.149. The van der Waals surface area contributed by atoms with Crippen molar-refractivity contribution < 1.29 is 9.53 Å². The third-order valence-corrected chi connectivity index (χ3v) is 1.26. The molecule has 0 radical (unpaired) electrons. The van der Waals surface area contributed by atoms with Gasteiger partial charge in [0.25, 0.3) is 0 Å². The van der Waals surface area contributed by atoms with Gasteiger partial charge in [-0.05, 0) is 27.7 Å². The molecule has 1 atom stereocenters. The molecular formula is C10H19NO2. The van der Waals surface area contributed by atoms with Crippen molar-refractivity contribution in [3.8, 4) is 0 Å². The summed E-state index contributed by atoms with van der Waals surface area (Å²) >= 11 is 0. The van der Waals surface area contributed by atoms with Gasteiger partial charge in [-0.1, -0.05) is 6.08 Å². The first kappa shape index (κ1) is 12.2. The van der Waals surface area contributed by atoms with E-state index in [2.05, 4.69) is 11.9 Å². The summed E-state index contributed by atoms with van der Waals surface area (Å²) in [5.74, 6) is -0.251. The zero-order chi connectivity index (χ0) is 10.5. The Morgan fingerprint density at radius 3 is 2.54 bits per heavy atom. The van der Waals surface area contributed by atoms with E-state index in [1.807, 2.05) is 27.7 Å². The van der Waals surface area contributed by atoms with Gasteiger partial charge in [-0.15, -0.1) is 6.58 Å². The second kappa shape index (κ2) is 5.02. The first-order valence-corrected chi connectivity index (χ1v) is 4.43. The second-order valence-corrected chi connectivity index (χ2v) is 4.02. The van der Waals surface area contributed by atoms with Crippen molar-refractivity contribution in [3.63, 3.8) is 0 Å². The molecule has 0 rings (SSSR count). The van der Waals surface area contributed by atoms with Crippen LogP contribution in [0.5, 0.6) is 0 Å². The summed E-state index contributed by atoms with van der Waals surface area (Å²) in [6, 6.07) is 0. The Morgan fingerprint density at radius 2 is 2.15 bits per heavy atom. The number of carbonyl (C=O) groups excluding carboxylic acids is 1. The average Bonchev–Trinajstić information content (AvgIpc) is 1.81. The molecule has 0 saturated heterocycles. The third-order valence-electron chi connectivity index (χ3n) is 1.26. The first-order chi connectivity index (χ1) is 5.85. The maximum absolute atomic E-state index is 11.0. The summed E-state index contributed by atoms with van der Waals surface area (Å²) in [5, 5.41) is 3.13. The maximum atomic E-state index is 11.0. The highest BCUT2D eigenvalue weighted by Crippen LogP contribution is 2.02. The monoisotopic (exact) mass is 185 g/mol. The molecule has 0 bridgehead atoms. The Bertz CT molecular complexity index is 182. The van der Waals surface area contributed by atoms with Crippen LogP contribution in [0, 0.1) is 0 Å². The highest BCUT2D eigenvalue weighted by Gasteiger charge is 2.15. The summed E-state index contributed by atoms with van der Waals surface area (Å²) in [6.45, 7) is 11.3. The van der Waals surface area contributed by atoms with Gasteiger partial charge in [0.1, 0.15) is 0 Å². The van der Waals surface area contributed by atoms with E-state index in [-0.39, 0.29) is 24.2 Å². The standard InChI is InChI=1S/C10H19NO2/c1-6-7-9(12)13-8(2)11-10(3,4)5/h6,8,11H,1,7H2,2-5H3. The highest BCUT2D eigenvalue weighted by atomic mass is 16.6. The van der Waals surface area contributed by atoms with Gasteiger partial charge >= 0.3 is 5.97 Å². The fraction of sp³-hybridized carbons (Fsp3) is 0.700. The predicted octanol–water partition coefficient (Wildman–Crippen LogP) is 1.84. The van der Waals surface area contributed by atoms with E-state index in [0.717, 1.165) is 0 Å². The number of rotatable bonds is 4. The zero-order valence-corrected chi connectivity index (χ0v) is 8.89. The van der Waals surface area contributed by atoms with Gasteiger partial charge in [0.05, 0.1) is 6.42 Å². The summed E-state index contributed by atoms with van der Waals surface area (Å²) in [5.41, 5.74) is -0.0477. The molecule has 13 heavy (non-hydrogen) atoms. The van der Waals surface area contributed by atoms with E-state index < -0.39 is 0 Å². The summed E-state index contributed by atoms with van der Waals surface area (Å²) in [4.78, 5) is 11.0. The molecule has 3 nitrogen and oxygen atoms in total. The molecule has 0 aromatic heterocycles. The normalized spacial score (nSPS) is 13.5. The lowest BCUT2D eigenvalue weighted by Gasteiger charge is -2.25. The van der Waals surface area contributed by atoms with Crippen LogP contribution in [0.2, 0.25) is 0 Å². The Balaban J connectivity index is 3.80. The molecule has 0 aliphatic heterocycles. The molecule has 0 spiro atoms. The van der Waals surface area contributed by atoms with Crippen LogP contribution in [0.25, 0.3) is 0 Å². The molecule has 76 valence electrons. The predicted molar refractivity (Wildman–Crippen MR) is 53.3 cm³/mol. The lowest BCUT2D eigenvalue weighted by Crippen LogP contribution is -2.44. The van der Waals surface area contributed by atoms with Crippen LogP contribution in [0.3, 0.4) is 0 Å². The molecule has 3 heteroatoms. The van der Waals surface area contributed by atoms with Crippen molar-refractivity contribution in [2.75, 3.05) is 0 Å². The van der Waals surface area contributed by atoms with Crippen LogP contribution in [0.15, 0.2) is 12.7 Å². The van der Waals surface area contributed by atoms with Crippen molar-refractivity contribution >= 4 is 5.97 Å². The average molecular weight is 185 g/mol. The quantitative estimate of drug-likeness (QED) is 0.412. The van der Waals surface area contributed by atoms with Gasteiger partial charge in [-0.2, -0.15) is 0 Å². The van der Waals surface area contributed by atoms with E-state index in [1.165, 1.54) is 6.08 Å². The van der Waals surface area contributed by atoms with E-state index in [4.69, 9.17) is 4.74 Å². The molecule has 0 heterocycles. The molecule has 0 aliphatic rings. The minimum Gasteiger partial charge on any atom is -0.447 e. The lowest BCUT2D eigenvalue weighted by atomic mass is 10.1. The SMILES string of the molecule is C=CCC(=O)OC(C)NC(C)(C)C. The van der Waals surface area contributed by atoms with E-state index >= 15 is 0 Å². The highest BCUT2D eigenvalue weighted by molar-refractivity contribution is 5.71. The Hall–Kier alpha value is -0.830. The Labute approximate surface area is 80.2 Å². The van der Waals surface area contributed by atoms with Gasteiger partial charge in [-0.25, -0.2) is 0 Å². The molecule has 0 aliphatic carbocycles. The number of esters is 1. The molecule has 0 fully saturated rings. The summed E-state index contributed by atoms with van der Waals surface area (Å²) in [7, 11) is 0. The largest absolute Gasteiger partial charge is 0.447 e. The van der Waals surface area contributed by atoms with Crippen LogP contribution < -0.4 is 5.32 Å². The number of hydrogen-bond donors (Lipinski definition) is 1. The smallest absolute Gasteiger partial charge is 0.311 e. The Morgan fingerprint density at radius 1 is 1.62 bits per heavy atom. The van der Waals surface area contributed by atoms with Crippen LogP contribution in [-0.4, -0.2) is 17.7 Å². The minimum absolute atomic E-state index is 0.0477. The molecule has 0 amide bonds. The van der Waals surface area contributed by atoms with Crippen molar-refractivity contribution in [2.45, 2.75) is 45.9 Å². The van der Waals surface area contributed by atoms with E-state index in [9.17, 15) is 4.79 Å². The first-order valence-electron chi connectivity index (χ1n) is 4.43. The summed E-state index contributed by atoms with van der Waals surface area (Å²) in [6.07, 6.45) is 1.54. The molecule has 1 N–H and O–H groups in total. The molecular weight excluding hydrogens is 166 g/mol. The second-order valence-electron chi connectivity index (χ2n) is 4.02. The molecule has 0 aromatic rings. The van der Waals surface area contributed by atoms with Gasteiger partial charge < -0.3 is 4.74 Å². The zero-order valence-electron chi connectivity index (χ0n) is 8.89. The van der Waals surface area contributed by atoms with Crippen molar-refractivity contribution in [1.82, 2.24) is 5.32 Å². The van der Waals surface area contributed by atoms with Crippen LogP contribution in [0.1, 0.15) is 34.1 Å². The van der Waals surface area contributed by atoms with Gasteiger partial charge in [0.2, 0.25) is 0 Å². The van der Waals surface area contributed by atoms with Crippen LogP contribution in [0.4, 0.5) is 0 Å². The number of nitrogens with one attached hydrogen (secondary N) is 1. The third kappa shape index (κ3) is 7.53. The van der Waals surface area contributed by atoms with Crippen molar-refractivity contribution in [2.24, 2.45) is 0 Å². The van der Waals surface area contributed by atoms with Crippen molar-refractivity contribution in [3.05, 3.63) is 12.7 Å². The van der Waals surface area contributed by atoms with Gasteiger partial charge in [0, 0.05) is 5.54 Å². The molecule has 1 unspecified atom stereocenters. The Kier molecular flexibility index (Phi) is 4.70. The van der Waals surface area contributed by atoms with E-state index in [1.54, 1.807) is 0 Å². The van der Waals surface area contributed by atoms with Crippen LogP contribution >= 0.6 is 0 Å². The molecule has 0 aromatic carbocycles. The van der Waals surface area contributed by atoms with Gasteiger partial charge in [-0.3, -0.25) is 10.1 Å². The van der Waals surface area contributed by atoms with Crippen LogP contribution in [-0.2, 0) is 9.53 Å². The van der Waals surface area contributed by atoms with Gasteiger partial charge in [0.15, 0.2) is 6.23 Å². The topological polar surface area (TPSA) is 38.3 Å².